The summed E-state index contributed by atoms with van der Waals surface area (Å²) in [5.41, 5.74) is 5.45. The van der Waals surface area contributed by atoms with Crippen LogP contribution >= 0.6 is 11.3 Å². The molecule has 1 aliphatic heterocycles. The largest absolute Gasteiger partial charge is 0.476 e. The number of anilines is 1. The lowest BCUT2D eigenvalue weighted by atomic mass is 10.2. The van der Waals surface area contributed by atoms with Crippen molar-refractivity contribution in [2.24, 2.45) is 5.73 Å². The minimum absolute atomic E-state index is 0.0874. The lowest BCUT2D eigenvalue weighted by molar-refractivity contribution is -0.119. The summed E-state index contributed by atoms with van der Waals surface area (Å²) in [7, 11) is 0. The molecule has 2 aromatic rings. The number of aromatic carboxylic acids is 1. The van der Waals surface area contributed by atoms with Crippen LogP contribution in [0.2, 0.25) is 0 Å². The number of nitrogens with zero attached hydrogens (tertiary/aromatic N) is 3. The molecule has 1 amide bonds. The van der Waals surface area contributed by atoms with Crippen LogP contribution in [0.5, 0.6) is 0 Å². The first kappa shape index (κ1) is 12.0. The minimum Gasteiger partial charge on any atom is -0.476 e. The summed E-state index contributed by atoms with van der Waals surface area (Å²) in [6.07, 6.45) is 3.10. The molecule has 2 aromatic heterocycles. The zero-order valence-corrected chi connectivity index (χ0v) is 10.8. The Balaban J connectivity index is 2.14. The number of hydrogen-bond acceptors (Lipinski definition) is 5. The van der Waals surface area contributed by atoms with Gasteiger partial charge in [0, 0.05) is 18.1 Å². The van der Waals surface area contributed by atoms with Crippen LogP contribution in [0.1, 0.15) is 23.3 Å². The number of hydrogen-bond donors (Lipinski definition) is 2. The molecule has 1 unspecified atom stereocenters. The third kappa shape index (κ3) is 1.75. The van der Waals surface area contributed by atoms with Crippen LogP contribution in [0, 0.1) is 0 Å². The number of carboxylic acid groups (broad SMARTS) is 1. The first-order valence-electron chi connectivity index (χ1n) is 5.84. The first-order valence-corrected chi connectivity index (χ1v) is 6.72. The molecule has 1 aliphatic rings. The van der Waals surface area contributed by atoms with E-state index in [1.807, 2.05) is 0 Å². The van der Waals surface area contributed by atoms with Gasteiger partial charge >= 0.3 is 5.97 Å². The van der Waals surface area contributed by atoms with Gasteiger partial charge in [-0.05, 0) is 12.8 Å². The van der Waals surface area contributed by atoms with Crippen molar-refractivity contribution >= 4 is 34.0 Å². The van der Waals surface area contributed by atoms with Gasteiger partial charge < -0.3 is 15.7 Å². The predicted octanol–water partition coefficient (Wildman–Crippen LogP) is 0.548. The van der Waals surface area contributed by atoms with E-state index in [0.29, 0.717) is 23.7 Å². The highest BCUT2D eigenvalue weighted by atomic mass is 32.1. The highest BCUT2D eigenvalue weighted by molar-refractivity contribution is 7.15. The van der Waals surface area contributed by atoms with Gasteiger partial charge in [-0.25, -0.2) is 9.78 Å². The highest BCUT2D eigenvalue weighted by Crippen LogP contribution is 2.30. The number of amides is 1. The second-order valence-corrected chi connectivity index (χ2v) is 5.27. The summed E-state index contributed by atoms with van der Waals surface area (Å²) < 4.78 is 1.53. The van der Waals surface area contributed by atoms with E-state index in [1.165, 1.54) is 15.7 Å². The summed E-state index contributed by atoms with van der Waals surface area (Å²) >= 11 is 1.35. The number of imidazole rings is 1. The Morgan fingerprint density at radius 2 is 2.32 bits per heavy atom. The molecule has 1 atom stereocenters. The zero-order chi connectivity index (χ0) is 13.6. The smallest absolute Gasteiger partial charge is 0.356 e. The van der Waals surface area contributed by atoms with E-state index in [0.717, 1.165) is 6.42 Å². The van der Waals surface area contributed by atoms with Gasteiger partial charge in [-0.1, -0.05) is 0 Å². The normalized spacial score (nSPS) is 19.2. The fourth-order valence-electron chi connectivity index (χ4n) is 2.49. The number of primary amides is 1. The molecule has 19 heavy (non-hydrogen) atoms. The quantitative estimate of drug-likeness (QED) is 0.855. The van der Waals surface area contributed by atoms with Crippen LogP contribution in [0.15, 0.2) is 11.6 Å². The van der Waals surface area contributed by atoms with Crippen molar-refractivity contribution in [3.63, 3.8) is 0 Å². The van der Waals surface area contributed by atoms with Crippen molar-refractivity contribution in [1.29, 1.82) is 0 Å². The molecule has 7 nitrogen and oxygen atoms in total. The second kappa shape index (κ2) is 4.23. The van der Waals surface area contributed by atoms with Crippen molar-refractivity contribution in [2.45, 2.75) is 18.9 Å². The van der Waals surface area contributed by atoms with Crippen LogP contribution < -0.4 is 10.6 Å². The maximum atomic E-state index is 11.4. The maximum absolute atomic E-state index is 11.4. The average molecular weight is 280 g/mol. The summed E-state index contributed by atoms with van der Waals surface area (Å²) in [6, 6.07) is -0.470. The lowest BCUT2D eigenvalue weighted by Crippen LogP contribution is -2.41. The molecular formula is C11H12N4O3S. The molecule has 0 saturated carbocycles. The first-order chi connectivity index (χ1) is 9.09. The summed E-state index contributed by atoms with van der Waals surface area (Å²) in [6.45, 7) is 0.596. The number of carbonyl (C=O) groups is 2. The average Bonchev–Trinajstić information content (AvgIpc) is 3.01. The molecule has 1 saturated heterocycles. The summed E-state index contributed by atoms with van der Waals surface area (Å²) in [5.74, 6) is -1.16. The molecule has 8 heteroatoms. The third-order valence-corrected chi connectivity index (χ3v) is 4.06. The van der Waals surface area contributed by atoms with Gasteiger partial charge in [0.15, 0.2) is 16.5 Å². The van der Waals surface area contributed by atoms with Crippen LogP contribution in [0.4, 0.5) is 5.82 Å². The molecule has 0 bridgehead atoms. The Labute approximate surface area is 112 Å². The standard InChI is InChI=1S/C11H12N4O3S/c12-8(16)6-2-1-3-14(6)9-7(10(17)18)15-4-5-19-11(15)13-9/h4-6H,1-3H2,(H2,12,16)(H,17,18). The number of nitrogens with two attached hydrogens (primary N) is 1. The van der Waals surface area contributed by atoms with Gasteiger partial charge in [0.25, 0.3) is 0 Å². The lowest BCUT2D eigenvalue weighted by Gasteiger charge is -2.22. The van der Waals surface area contributed by atoms with Crippen molar-refractivity contribution < 1.29 is 14.7 Å². The van der Waals surface area contributed by atoms with Gasteiger partial charge in [0.1, 0.15) is 6.04 Å². The Kier molecular flexibility index (Phi) is 2.67. The van der Waals surface area contributed by atoms with Crippen LogP contribution in [0.3, 0.4) is 0 Å². The van der Waals surface area contributed by atoms with E-state index in [1.54, 1.807) is 16.5 Å². The summed E-state index contributed by atoms with van der Waals surface area (Å²) in [5, 5.41) is 11.1. The van der Waals surface area contributed by atoms with Gasteiger partial charge in [0.05, 0.1) is 0 Å². The molecule has 100 valence electrons. The molecular weight excluding hydrogens is 268 g/mol. The van der Waals surface area contributed by atoms with E-state index in [2.05, 4.69) is 4.98 Å². The monoisotopic (exact) mass is 280 g/mol. The van der Waals surface area contributed by atoms with E-state index >= 15 is 0 Å². The number of rotatable bonds is 3. The highest BCUT2D eigenvalue weighted by Gasteiger charge is 2.34. The molecule has 0 aliphatic carbocycles. The SMILES string of the molecule is NC(=O)C1CCCN1c1nc2sccn2c1C(=O)O. The topological polar surface area (TPSA) is 101 Å². The molecule has 0 radical (unpaired) electrons. The maximum Gasteiger partial charge on any atom is 0.356 e. The number of thiazole rings is 1. The van der Waals surface area contributed by atoms with Crippen LogP contribution in [0.25, 0.3) is 4.96 Å². The minimum atomic E-state index is -1.06. The molecule has 0 spiro atoms. The Morgan fingerprint density at radius 1 is 1.53 bits per heavy atom. The van der Waals surface area contributed by atoms with Crippen molar-refractivity contribution in [3.8, 4) is 0 Å². The molecule has 3 N–H and O–H groups in total. The number of fused-ring (bicyclic) bond motifs is 1. The van der Waals surface area contributed by atoms with Gasteiger partial charge in [-0.2, -0.15) is 0 Å². The van der Waals surface area contributed by atoms with Gasteiger partial charge in [0.2, 0.25) is 5.91 Å². The van der Waals surface area contributed by atoms with Crippen LogP contribution in [-0.2, 0) is 4.79 Å². The number of aromatic nitrogens is 2. The fraction of sp³-hybridized carbons (Fsp3) is 0.364. The predicted molar refractivity (Wildman–Crippen MR) is 69.6 cm³/mol. The van der Waals surface area contributed by atoms with E-state index in [9.17, 15) is 14.7 Å². The molecule has 1 fully saturated rings. The molecule has 3 rings (SSSR count). The van der Waals surface area contributed by atoms with Crippen molar-refractivity contribution in [1.82, 2.24) is 9.38 Å². The van der Waals surface area contributed by atoms with E-state index in [4.69, 9.17) is 5.73 Å². The number of carbonyl (C=O) groups excluding carboxylic acids is 1. The van der Waals surface area contributed by atoms with Crippen molar-refractivity contribution in [2.75, 3.05) is 11.4 Å². The van der Waals surface area contributed by atoms with Gasteiger partial charge in [-0.3, -0.25) is 9.20 Å². The third-order valence-electron chi connectivity index (χ3n) is 3.30. The Hall–Kier alpha value is -2.09. The molecule has 0 aromatic carbocycles. The van der Waals surface area contributed by atoms with E-state index < -0.39 is 17.9 Å². The van der Waals surface area contributed by atoms with Crippen molar-refractivity contribution in [3.05, 3.63) is 17.3 Å². The summed E-state index contributed by atoms with van der Waals surface area (Å²) in [4.78, 5) is 29.5. The Bertz CT molecular complexity index is 662. The zero-order valence-electron chi connectivity index (χ0n) is 9.94. The molecule has 3 heterocycles. The van der Waals surface area contributed by atoms with Gasteiger partial charge in [-0.15, -0.1) is 11.3 Å². The fourth-order valence-corrected chi connectivity index (χ4v) is 3.20. The van der Waals surface area contributed by atoms with E-state index in [-0.39, 0.29) is 5.69 Å². The Morgan fingerprint density at radius 3 is 3.00 bits per heavy atom. The second-order valence-electron chi connectivity index (χ2n) is 4.40. The number of carboxylic acids is 1. The van der Waals surface area contributed by atoms with Crippen LogP contribution in [-0.4, -0.2) is 39.0 Å².